The van der Waals surface area contributed by atoms with Crippen molar-refractivity contribution in [2.24, 2.45) is 11.7 Å². The second-order valence-electron chi connectivity index (χ2n) is 4.91. The number of rotatable bonds is 6. The minimum absolute atomic E-state index is 0.121. The third-order valence-electron chi connectivity index (χ3n) is 3.16. The normalized spacial score (nSPS) is 12.2. The van der Waals surface area contributed by atoms with E-state index >= 15 is 0 Å². The molecular formula is C15H24N2O. The number of nitrogens with two attached hydrogens (primary N) is 1. The summed E-state index contributed by atoms with van der Waals surface area (Å²) in [5, 5.41) is 0. The number of benzene rings is 1. The van der Waals surface area contributed by atoms with E-state index in [4.69, 9.17) is 5.73 Å². The van der Waals surface area contributed by atoms with Crippen LogP contribution >= 0.6 is 0 Å². The standard InChI is InChI=1S/C15H24N2O/c1-4-5-13-6-8-14(9-7-13)17(3)15(18)10-12(2)11-16/h6-9,12H,4-5,10-11,16H2,1-3H3. The van der Waals surface area contributed by atoms with E-state index < -0.39 is 0 Å². The summed E-state index contributed by atoms with van der Waals surface area (Å²) in [6.07, 6.45) is 2.73. The van der Waals surface area contributed by atoms with E-state index in [1.54, 1.807) is 4.90 Å². The molecule has 0 heterocycles. The predicted octanol–water partition coefficient (Wildman–Crippen LogP) is 2.59. The number of hydrogen-bond acceptors (Lipinski definition) is 2. The average molecular weight is 248 g/mol. The molecule has 0 bridgehead atoms. The Morgan fingerprint density at radius 1 is 1.33 bits per heavy atom. The van der Waals surface area contributed by atoms with Gasteiger partial charge in [-0.15, -0.1) is 0 Å². The Morgan fingerprint density at radius 2 is 1.94 bits per heavy atom. The quantitative estimate of drug-likeness (QED) is 0.841. The van der Waals surface area contributed by atoms with E-state index in [9.17, 15) is 4.79 Å². The first-order valence-corrected chi connectivity index (χ1v) is 6.64. The molecule has 1 aromatic rings. The van der Waals surface area contributed by atoms with Crippen molar-refractivity contribution in [2.75, 3.05) is 18.5 Å². The number of amides is 1. The lowest BCUT2D eigenvalue weighted by atomic mass is 10.1. The third-order valence-corrected chi connectivity index (χ3v) is 3.16. The molecule has 0 radical (unpaired) electrons. The van der Waals surface area contributed by atoms with Crippen molar-refractivity contribution in [1.82, 2.24) is 0 Å². The molecule has 3 nitrogen and oxygen atoms in total. The summed E-state index contributed by atoms with van der Waals surface area (Å²) < 4.78 is 0. The fourth-order valence-electron chi connectivity index (χ4n) is 1.84. The average Bonchev–Trinajstić information content (AvgIpc) is 2.39. The van der Waals surface area contributed by atoms with Gasteiger partial charge in [0.05, 0.1) is 0 Å². The Balaban J connectivity index is 2.65. The second-order valence-corrected chi connectivity index (χ2v) is 4.91. The fraction of sp³-hybridized carbons (Fsp3) is 0.533. The maximum atomic E-state index is 12.0. The zero-order valence-electron chi connectivity index (χ0n) is 11.6. The molecule has 18 heavy (non-hydrogen) atoms. The Morgan fingerprint density at radius 3 is 2.44 bits per heavy atom. The van der Waals surface area contributed by atoms with Gasteiger partial charge in [-0.25, -0.2) is 0 Å². The molecule has 0 saturated heterocycles. The van der Waals surface area contributed by atoms with Gasteiger partial charge in [-0.2, -0.15) is 0 Å². The molecule has 0 saturated carbocycles. The van der Waals surface area contributed by atoms with Crippen LogP contribution in [0, 0.1) is 5.92 Å². The molecular weight excluding hydrogens is 224 g/mol. The number of anilines is 1. The van der Waals surface area contributed by atoms with E-state index in [1.807, 2.05) is 26.1 Å². The molecule has 1 amide bonds. The van der Waals surface area contributed by atoms with Crippen LogP contribution in [-0.2, 0) is 11.2 Å². The van der Waals surface area contributed by atoms with E-state index in [-0.39, 0.29) is 11.8 Å². The van der Waals surface area contributed by atoms with Crippen LogP contribution in [0.3, 0.4) is 0 Å². The van der Waals surface area contributed by atoms with Gasteiger partial charge in [-0.1, -0.05) is 32.4 Å². The van der Waals surface area contributed by atoms with Gasteiger partial charge in [0.1, 0.15) is 0 Å². The summed E-state index contributed by atoms with van der Waals surface area (Å²) >= 11 is 0. The van der Waals surface area contributed by atoms with Crippen LogP contribution in [0.4, 0.5) is 5.69 Å². The second kappa shape index (κ2) is 7.17. The number of aryl methyl sites for hydroxylation is 1. The fourth-order valence-corrected chi connectivity index (χ4v) is 1.84. The molecule has 0 aliphatic carbocycles. The molecule has 1 unspecified atom stereocenters. The number of carbonyl (C=O) groups is 1. The van der Waals surface area contributed by atoms with Crippen molar-refractivity contribution >= 4 is 11.6 Å². The maximum Gasteiger partial charge on any atom is 0.227 e. The molecule has 0 aliphatic rings. The van der Waals surface area contributed by atoms with Gasteiger partial charge in [0, 0.05) is 19.2 Å². The van der Waals surface area contributed by atoms with Crippen molar-refractivity contribution < 1.29 is 4.79 Å². The summed E-state index contributed by atoms with van der Waals surface area (Å²) in [5.74, 6) is 0.357. The minimum atomic E-state index is 0.121. The van der Waals surface area contributed by atoms with Crippen LogP contribution in [-0.4, -0.2) is 19.5 Å². The van der Waals surface area contributed by atoms with Crippen LogP contribution in [0.5, 0.6) is 0 Å². The SMILES string of the molecule is CCCc1ccc(N(C)C(=O)CC(C)CN)cc1. The molecule has 1 atom stereocenters. The molecule has 3 heteroatoms. The highest BCUT2D eigenvalue weighted by Crippen LogP contribution is 2.16. The number of hydrogen-bond donors (Lipinski definition) is 1. The maximum absolute atomic E-state index is 12.0. The largest absolute Gasteiger partial charge is 0.330 e. The van der Waals surface area contributed by atoms with Crippen molar-refractivity contribution in [1.29, 1.82) is 0 Å². The molecule has 1 rings (SSSR count). The Hall–Kier alpha value is -1.35. The molecule has 0 aliphatic heterocycles. The lowest BCUT2D eigenvalue weighted by Crippen LogP contribution is -2.29. The summed E-state index contributed by atoms with van der Waals surface area (Å²) in [4.78, 5) is 13.7. The van der Waals surface area contributed by atoms with Gasteiger partial charge in [0.2, 0.25) is 5.91 Å². The van der Waals surface area contributed by atoms with E-state index in [0.29, 0.717) is 13.0 Å². The van der Waals surface area contributed by atoms with Crippen LogP contribution in [0.15, 0.2) is 24.3 Å². The zero-order chi connectivity index (χ0) is 13.5. The van der Waals surface area contributed by atoms with E-state index in [0.717, 1.165) is 18.5 Å². The molecule has 100 valence electrons. The van der Waals surface area contributed by atoms with E-state index in [2.05, 4.69) is 19.1 Å². The zero-order valence-corrected chi connectivity index (χ0v) is 11.6. The number of carbonyl (C=O) groups excluding carboxylic acids is 1. The van der Waals surface area contributed by atoms with Gasteiger partial charge < -0.3 is 10.6 Å². The predicted molar refractivity (Wildman–Crippen MR) is 76.7 cm³/mol. The Labute approximate surface area is 110 Å². The lowest BCUT2D eigenvalue weighted by Gasteiger charge is -2.19. The summed E-state index contributed by atoms with van der Waals surface area (Å²) in [5.41, 5.74) is 7.81. The highest BCUT2D eigenvalue weighted by Gasteiger charge is 2.13. The first kappa shape index (κ1) is 14.7. The Kier molecular flexibility index (Phi) is 5.86. The third kappa shape index (κ3) is 4.15. The monoisotopic (exact) mass is 248 g/mol. The van der Waals surface area contributed by atoms with Crippen LogP contribution < -0.4 is 10.6 Å². The molecule has 2 N–H and O–H groups in total. The smallest absolute Gasteiger partial charge is 0.227 e. The summed E-state index contributed by atoms with van der Waals surface area (Å²) in [7, 11) is 1.82. The highest BCUT2D eigenvalue weighted by molar-refractivity contribution is 5.92. The minimum Gasteiger partial charge on any atom is -0.330 e. The first-order chi connectivity index (χ1) is 8.58. The van der Waals surface area contributed by atoms with Crippen molar-refractivity contribution in [3.63, 3.8) is 0 Å². The van der Waals surface area contributed by atoms with E-state index in [1.165, 1.54) is 5.56 Å². The topological polar surface area (TPSA) is 46.3 Å². The molecule has 0 fully saturated rings. The van der Waals surface area contributed by atoms with Crippen molar-refractivity contribution in [2.45, 2.75) is 33.1 Å². The first-order valence-electron chi connectivity index (χ1n) is 6.64. The van der Waals surface area contributed by atoms with Gasteiger partial charge >= 0.3 is 0 Å². The summed E-state index contributed by atoms with van der Waals surface area (Å²) in [6, 6.07) is 8.20. The van der Waals surface area contributed by atoms with Gasteiger partial charge in [0.15, 0.2) is 0 Å². The van der Waals surface area contributed by atoms with Crippen LogP contribution in [0.2, 0.25) is 0 Å². The molecule has 0 aromatic heterocycles. The number of nitrogens with zero attached hydrogens (tertiary/aromatic N) is 1. The summed E-state index contributed by atoms with van der Waals surface area (Å²) in [6.45, 7) is 4.71. The van der Waals surface area contributed by atoms with Crippen LogP contribution in [0.1, 0.15) is 32.3 Å². The van der Waals surface area contributed by atoms with Gasteiger partial charge in [-0.05, 0) is 36.6 Å². The van der Waals surface area contributed by atoms with Crippen molar-refractivity contribution in [3.8, 4) is 0 Å². The highest BCUT2D eigenvalue weighted by atomic mass is 16.2. The molecule has 0 spiro atoms. The lowest BCUT2D eigenvalue weighted by molar-refractivity contribution is -0.119. The van der Waals surface area contributed by atoms with Gasteiger partial charge in [-0.3, -0.25) is 4.79 Å². The van der Waals surface area contributed by atoms with Gasteiger partial charge in [0.25, 0.3) is 0 Å². The van der Waals surface area contributed by atoms with Crippen LogP contribution in [0.25, 0.3) is 0 Å². The molecule has 1 aromatic carbocycles. The van der Waals surface area contributed by atoms with Crippen molar-refractivity contribution in [3.05, 3.63) is 29.8 Å². The Bertz CT molecular complexity index is 373.